The zero-order chi connectivity index (χ0) is 58.4. The summed E-state index contributed by atoms with van der Waals surface area (Å²) in [5.74, 6) is 0. The summed E-state index contributed by atoms with van der Waals surface area (Å²) in [5.41, 5.74) is 26.5. The van der Waals surface area contributed by atoms with Crippen LogP contribution in [-0.2, 0) is 10.8 Å². The summed E-state index contributed by atoms with van der Waals surface area (Å²) in [5, 5.41) is 29.2. The Labute approximate surface area is 516 Å². The van der Waals surface area contributed by atoms with Crippen LogP contribution in [0.15, 0.2) is 304 Å². The molecule has 0 bridgehead atoms. The molecule has 0 aliphatic heterocycles. The second-order valence-corrected chi connectivity index (χ2v) is 24.6. The molecule has 0 radical (unpaired) electrons. The molecule has 0 unspecified atom stereocenters. The van der Waals surface area contributed by atoms with Gasteiger partial charge in [-0.3, -0.25) is 0 Å². The molecular formula is C82H50BBrO4. The zero-order valence-corrected chi connectivity index (χ0v) is 49.0. The number of rotatable bonds is 2. The third kappa shape index (κ3) is 7.22. The molecule has 4 aliphatic rings. The minimum atomic E-state index is -1.49. The van der Waals surface area contributed by atoms with Gasteiger partial charge < -0.3 is 18.9 Å². The normalized spacial score (nSPS) is 13.6. The fraction of sp³-hybridized carbons (Fsp3) is 0.0244. The molecule has 4 aliphatic carbocycles. The first-order valence-electron chi connectivity index (χ1n) is 29.9. The van der Waals surface area contributed by atoms with Crippen molar-refractivity contribution in [3.63, 3.8) is 0 Å². The summed E-state index contributed by atoms with van der Waals surface area (Å²) in [4.78, 5) is 0. The summed E-state index contributed by atoms with van der Waals surface area (Å²) in [6.45, 7) is 0. The van der Waals surface area contributed by atoms with E-state index in [1.165, 1.54) is 116 Å². The van der Waals surface area contributed by atoms with Crippen LogP contribution >= 0.6 is 15.9 Å². The van der Waals surface area contributed by atoms with Crippen LogP contribution in [0, 0.1) is 0 Å². The van der Waals surface area contributed by atoms with Gasteiger partial charge >= 0.3 is 7.12 Å². The van der Waals surface area contributed by atoms with Crippen molar-refractivity contribution in [1.29, 1.82) is 0 Å². The van der Waals surface area contributed by atoms with Gasteiger partial charge in [0.15, 0.2) is 0 Å². The van der Waals surface area contributed by atoms with Crippen molar-refractivity contribution in [2.75, 3.05) is 0 Å². The Morgan fingerprint density at radius 2 is 0.580 bits per heavy atom. The van der Waals surface area contributed by atoms with Crippen molar-refractivity contribution < 1.29 is 18.9 Å². The fourth-order valence-corrected chi connectivity index (χ4v) is 16.0. The highest BCUT2D eigenvalue weighted by atomic mass is 79.9. The standard InChI is InChI=1S/C41H24O.C25H17BO2.C16H9BrO/c1-2-10-26-24-40-34(21-25(26)9-1)33-22-27(18-20-39(33)42-40)28-17-19-32-31-13-5-8-16-37(31)41(38(32)23-28)35-14-6-3-11-29(35)30-12-4-7-15-36(30)41;27-26(28)16-13-14-20-19-9-3-6-12-23(19)25(24(20)15-16)21-10-4-1-7-17(21)18-8-2-5-11-22(18)25;17-12-5-6-15-14(9-12)13-7-10-3-1-2-4-11(10)8-16(13)18-15/h1-24H;1-15,27-28H;1-9H. The fourth-order valence-electron chi connectivity index (χ4n) is 15.6. The molecule has 0 saturated heterocycles. The topological polar surface area (TPSA) is 66.7 Å². The van der Waals surface area contributed by atoms with Crippen molar-refractivity contribution in [2.45, 2.75) is 10.8 Å². The Bertz CT molecular complexity index is 5490. The van der Waals surface area contributed by atoms with E-state index in [4.69, 9.17) is 8.83 Å². The lowest BCUT2D eigenvalue weighted by atomic mass is 9.68. The molecular weight excluding hydrogens is 1140 g/mol. The predicted octanol–water partition coefficient (Wildman–Crippen LogP) is 20.0. The number of furan rings is 2. The van der Waals surface area contributed by atoms with Crippen molar-refractivity contribution >= 4 is 93.9 Å². The van der Waals surface area contributed by atoms with Crippen molar-refractivity contribution in [1.82, 2.24) is 0 Å². The van der Waals surface area contributed by atoms with E-state index in [1.807, 2.05) is 36.4 Å². The summed E-state index contributed by atoms with van der Waals surface area (Å²) < 4.78 is 13.3. The van der Waals surface area contributed by atoms with Gasteiger partial charge in [-0.25, -0.2) is 0 Å². The van der Waals surface area contributed by atoms with Crippen LogP contribution in [0.25, 0.3) is 121 Å². The molecule has 2 spiro atoms. The van der Waals surface area contributed by atoms with E-state index in [-0.39, 0.29) is 5.41 Å². The molecule has 20 rings (SSSR count). The Hall–Kier alpha value is -10.3. The number of halogens is 1. The molecule has 412 valence electrons. The first-order valence-corrected chi connectivity index (χ1v) is 30.7. The molecule has 6 heteroatoms. The van der Waals surface area contributed by atoms with Crippen molar-refractivity contribution in [3.8, 4) is 55.6 Å². The van der Waals surface area contributed by atoms with Crippen molar-refractivity contribution in [2.24, 2.45) is 0 Å². The van der Waals surface area contributed by atoms with E-state index in [0.717, 1.165) is 54.1 Å². The second-order valence-electron chi connectivity index (χ2n) is 23.7. The highest BCUT2D eigenvalue weighted by Crippen LogP contribution is 2.64. The van der Waals surface area contributed by atoms with Crippen LogP contribution in [-0.4, -0.2) is 17.2 Å². The largest absolute Gasteiger partial charge is 0.488 e. The molecule has 2 heterocycles. The molecule has 88 heavy (non-hydrogen) atoms. The van der Waals surface area contributed by atoms with Gasteiger partial charge in [0.2, 0.25) is 0 Å². The van der Waals surface area contributed by atoms with E-state index in [2.05, 4.69) is 271 Å². The second kappa shape index (κ2) is 19.3. The highest BCUT2D eigenvalue weighted by Gasteiger charge is 2.53. The average molecular weight is 1190 g/mol. The zero-order valence-electron chi connectivity index (χ0n) is 47.4. The number of fused-ring (bicyclic) bond motifs is 28. The van der Waals surface area contributed by atoms with Crippen LogP contribution in [0.1, 0.15) is 44.5 Å². The first-order chi connectivity index (χ1) is 43.3. The van der Waals surface area contributed by atoms with Gasteiger partial charge in [-0.15, -0.1) is 0 Å². The first kappa shape index (κ1) is 50.9. The van der Waals surface area contributed by atoms with Crippen LogP contribution in [0.5, 0.6) is 0 Å². The van der Waals surface area contributed by atoms with E-state index < -0.39 is 12.5 Å². The van der Waals surface area contributed by atoms with Gasteiger partial charge in [0, 0.05) is 26.0 Å². The van der Waals surface area contributed by atoms with Gasteiger partial charge in [-0.1, -0.05) is 246 Å². The summed E-state index contributed by atoms with van der Waals surface area (Å²) in [6.07, 6.45) is 0. The average Bonchev–Trinajstić information content (AvgIpc) is 1.57. The Morgan fingerprint density at radius 3 is 1.01 bits per heavy atom. The molecule has 0 amide bonds. The molecule has 0 atom stereocenters. The Kier molecular flexibility index (Phi) is 11.2. The van der Waals surface area contributed by atoms with E-state index in [0.29, 0.717) is 5.46 Å². The number of hydrogen-bond acceptors (Lipinski definition) is 4. The van der Waals surface area contributed by atoms with Crippen LogP contribution < -0.4 is 5.46 Å². The van der Waals surface area contributed by atoms with Crippen LogP contribution in [0.2, 0.25) is 0 Å². The van der Waals surface area contributed by atoms with Gasteiger partial charge in [0.05, 0.1) is 10.8 Å². The lowest BCUT2D eigenvalue weighted by molar-refractivity contribution is 0.425. The minimum Gasteiger partial charge on any atom is -0.456 e. The highest BCUT2D eigenvalue weighted by molar-refractivity contribution is 9.10. The molecule has 0 saturated carbocycles. The Morgan fingerprint density at radius 1 is 0.261 bits per heavy atom. The summed E-state index contributed by atoms with van der Waals surface area (Å²) in [7, 11) is -1.49. The maximum absolute atomic E-state index is 9.85. The van der Waals surface area contributed by atoms with Gasteiger partial charge in [-0.2, -0.15) is 0 Å². The van der Waals surface area contributed by atoms with E-state index in [1.54, 1.807) is 0 Å². The lowest BCUT2D eigenvalue weighted by Gasteiger charge is -2.30. The van der Waals surface area contributed by atoms with Gasteiger partial charge in [0.25, 0.3) is 0 Å². The molecule has 0 fully saturated rings. The summed E-state index contributed by atoms with van der Waals surface area (Å²) >= 11 is 3.51. The lowest BCUT2D eigenvalue weighted by Crippen LogP contribution is -2.32. The Balaban J connectivity index is 0.000000108. The van der Waals surface area contributed by atoms with Crippen molar-refractivity contribution in [3.05, 3.63) is 340 Å². The smallest absolute Gasteiger partial charge is 0.456 e. The van der Waals surface area contributed by atoms with Gasteiger partial charge in [0.1, 0.15) is 22.3 Å². The maximum atomic E-state index is 9.85. The van der Waals surface area contributed by atoms with E-state index >= 15 is 0 Å². The molecule has 2 N–H and O–H groups in total. The number of benzene rings is 14. The minimum absolute atomic E-state index is 0.333. The predicted molar refractivity (Wildman–Crippen MR) is 364 cm³/mol. The third-order valence-corrected chi connectivity index (χ3v) is 19.8. The van der Waals surface area contributed by atoms with Crippen LogP contribution in [0.3, 0.4) is 0 Å². The molecule has 4 nitrogen and oxygen atoms in total. The maximum Gasteiger partial charge on any atom is 0.488 e. The molecule has 2 aromatic heterocycles. The summed E-state index contributed by atoms with van der Waals surface area (Å²) in [6, 6.07) is 104. The van der Waals surface area contributed by atoms with Gasteiger partial charge in [-0.05, 0) is 188 Å². The molecule has 16 aromatic rings. The van der Waals surface area contributed by atoms with E-state index in [9.17, 15) is 10.0 Å². The number of hydrogen-bond donors (Lipinski definition) is 2. The third-order valence-electron chi connectivity index (χ3n) is 19.3. The quantitative estimate of drug-likeness (QED) is 0.169. The molecule has 14 aromatic carbocycles. The monoisotopic (exact) mass is 1190 g/mol. The van der Waals surface area contributed by atoms with Crippen LogP contribution in [0.4, 0.5) is 0 Å². The SMILES string of the molecule is Brc1ccc2oc3cc4ccccc4cc3c2c1.OB(O)c1ccc2c(c1)C1(c3ccccc3-c3ccccc31)c1ccccc1-2.c1ccc2c(c1)-c1ccccc1C21c2ccccc2-c2ccc(-c3ccc4oc5cc6ccccc6cc5c4c3)cc21.